The second-order valence-corrected chi connectivity index (χ2v) is 7.47. The molecular formula is C26H26N2O3. The quantitative estimate of drug-likeness (QED) is 0.508. The van der Waals surface area contributed by atoms with Crippen LogP contribution in [0.3, 0.4) is 0 Å². The molecule has 5 heteroatoms. The molecule has 3 aromatic rings. The average Bonchev–Trinajstić information content (AvgIpc) is 3.33. The molecular weight excluding hydrogens is 388 g/mol. The summed E-state index contributed by atoms with van der Waals surface area (Å²) in [5.74, 6) is 1.63. The number of carbonyl (C=O) groups is 1. The molecule has 0 spiro atoms. The molecule has 1 atom stereocenters. The fourth-order valence-electron chi connectivity index (χ4n) is 3.78. The molecule has 0 bridgehead atoms. The second-order valence-electron chi connectivity index (χ2n) is 7.47. The minimum atomic E-state index is 0.0359. The second kappa shape index (κ2) is 9.94. The van der Waals surface area contributed by atoms with Crippen molar-refractivity contribution in [2.24, 2.45) is 0 Å². The van der Waals surface area contributed by atoms with Crippen molar-refractivity contribution in [2.45, 2.75) is 25.5 Å². The first-order valence-electron chi connectivity index (χ1n) is 10.5. The molecule has 4 rings (SSSR count). The van der Waals surface area contributed by atoms with Gasteiger partial charge >= 0.3 is 0 Å². The minimum absolute atomic E-state index is 0.0359. The van der Waals surface area contributed by atoms with Crippen LogP contribution in [0.5, 0.6) is 11.5 Å². The van der Waals surface area contributed by atoms with Gasteiger partial charge in [0.1, 0.15) is 18.1 Å². The number of methoxy groups -OCH3 is 1. The van der Waals surface area contributed by atoms with Crippen molar-refractivity contribution >= 4 is 12.0 Å². The van der Waals surface area contributed by atoms with E-state index in [0.717, 1.165) is 47.7 Å². The number of ether oxygens (including phenoxy) is 2. The van der Waals surface area contributed by atoms with Gasteiger partial charge in [0, 0.05) is 18.8 Å². The number of hydrogen-bond acceptors (Lipinski definition) is 4. The van der Waals surface area contributed by atoms with Crippen LogP contribution in [0.1, 0.15) is 35.7 Å². The van der Waals surface area contributed by atoms with E-state index in [1.165, 1.54) is 0 Å². The topological polar surface area (TPSA) is 51.7 Å². The van der Waals surface area contributed by atoms with Crippen molar-refractivity contribution in [2.75, 3.05) is 13.7 Å². The molecule has 0 aliphatic carbocycles. The molecule has 1 fully saturated rings. The fourth-order valence-corrected chi connectivity index (χ4v) is 3.78. The number of nitrogens with zero attached hydrogens (tertiary/aromatic N) is 2. The van der Waals surface area contributed by atoms with Crippen LogP contribution < -0.4 is 9.47 Å². The summed E-state index contributed by atoms with van der Waals surface area (Å²) in [6.45, 7) is 1.20. The first-order valence-corrected chi connectivity index (χ1v) is 10.5. The third-order valence-corrected chi connectivity index (χ3v) is 5.45. The van der Waals surface area contributed by atoms with Crippen LogP contribution in [0, 0.1) is 0 Å². The van der Waals surface area contributed by atoms with E-state index >= 15 is 0 Å². The van der Waals surface area contributed by atoms with Gasteiger partial charge in [0.2, 0.25) is 5.91 Å². The molecule has 0 saturated carbocycles. The molecule has 1 aliphatic heterocycles. The van der Waals surface area contributed by atoms with Gasteiger partial charge in [-0.2, -0.15) is 0 Å². The normalized spacial score (nSPS) is 15.9. The monoisotopic (exact) mass is 414 g/mol. The number of amides is 1. The maximum absolute atomic E-state index is 12.8. The maximum Gasteiger partial charge on any atom is 0.247 e. The largest absolute Gasteiger partial charge is 0.497 e. The van der Waals surface area contributed by atoms with Crippen LogP contribution in [-0.2, 0) is 11.4 Å². The Morgan fingerprint density at radius 2 is 1.84 bits per heavy atom. The number of hydrogen-bond donors (Lipinski definition) is 0. The van der Waals surface area contributed by atoms with Gasteiger partial charge in [-0.1, -0.05) is 30.3 Å². The highest BCUT2D eigenvalue weighted by Gasteiger charge is 2.28. The first-order chi connectivity index (χ1) is 15.2. The maximum atomic E-state index is 12.8. The van der Waals surface area contributed by atoms with E-state index in [2.05, 4.69) is 4.98 Å². The number of benzene rings is 2. The molecule has 0 radical (unpaired) electrons. The standard InChI is InChI=1S/C26H26N2O3/c1-30-23-14-10-21(11-15-23)25-6-4-18-28(25)26(29)16-9-20-7-12-24(13-8-20)31-19-22-5-2-3-17-27-22/h2-3,5,7-17,25H,4,6,18-19H2,1H3/b16-9+/t25-/m0/s1. The molecule has 0 unspecified atom stereocenters. The summed E-state index contributed by atoms with van der Waals surface area (Å²) < 4.78 is 11.0. The summed E-state index contributed by atoms with van der Waals surface area (Å²) in [5, 5.41) is 0. The molecule has 158 valence electrons. The summed E-state index contributed by atoms with van der Waals surface area (Å²) in [4.78, 5) is 19.0. The fraction of sp³-hybridized carbons (Fsp3) is 0.231. The van der Waals surface area contributed by atoms with Gasteiger partial charge in [-0.3, -0.25) is 9.78 Å². The molecule has 1 aromatic heterocycles. The van der Waals surface area contributed by atoms with E-state index < -0.39 is 0 Å². The summed E-state index contributed by atoms with van der Waals surface area (Å²) in [5.41, 5.74) is 2.99. The molecule has 2 heterocycles. The minimum Gasteiger partial charge on any atom is -0.497 e. The third-order valence-electron chi connectivity index (χ3n) is 5.45. The van der Waals surface area contributed by atoms with Crippen LogP contribution in [0.25, 0.3) is 6.08 Å². The Labute approximate surface area is 183 Å². The van der Waals surface area contributed by atoms with Gasteiger partial charge < -0.3 is 14.4 Å². The molecule has 1 amide bonds. The van der Waals surface area contributed by atoms with Crippen LogP contribution in [0.4, 0.5) is 0 Å². The van der Waals surface area contributed by atoms with Gasteiger partial charge in [0.25, 0.3) is 0 Å². The smallest absolute Gasteiger partial charge is 0.247 e. The van der Waals surface area contributed by atoms with Gasteiger partial charge in [-0.15, -0.1) is 0 Å². The summed E-state index contributed by atoms with van der Waals surface area (Å²) in [6, 6.07) is 21.6. The first kappa shape index (κ1) is 20.7. The molecule has 1 aliphatic rings. The highest BCUT2D eigenvalue weighted by molar-refractivity contribution is 5.92. The van der Waals surface area contributed by atoms with Gasteiger partial charge in [0.15, 0.2) is 0 Å². The van der Waals surface area contributed by atoms with Gasteiger partial charge in [-0.05, 0) is 66.4 Å². The van der Waals surface area contributed by atoms with Gasteiger partial charge in [0.05, 0.1) is 18.8 Å². The van der Waals surface area contributed by atoms with E-state index in [9.17, 15) is 4.79 Å². The zero-order valence-electron chi connectivity index (χ0n) is 17.6. The summed E-state index contributed by atoms with van der Waals surface area (Å²) in [7, 11) is 1.66. The number of carbonyl (C=O) groups excluding carboxylic acids is 1. The lowest BCUT2D eigenvalue weighted by Crippen LogP contribution is -2.28. The highest BCUT2D eigenvalue weighted by Crippen LogP contribution is 2.33. The Kier molecular flexibility index (Phi) is 6.62. The third kappa shape index (κ3) is 5.31. The molecule has 2 aromatic carbocycles. The van der Waals surface area contributed by atoms with Crippen LogP contribution in [-0.4, -0.2) is 29.4 Å². The van der Waals surface area contributed by atoms with E-state index in [-0.39, 0.29) is 11.9 Å². The van der Waals surface area contributed by atoms with Crippen molar-refractivity contribution in [3.05, 3.63) is 95.8 Å². The van der Waals surface area contributed by atoms with E-state index in [1.54, 1.807) is 19.4 Å². The Balaban J connectivity index is 1.35. The molecule has 5 nitrogen and oxygen atoms in total. The SMILES string of the molecule is COc1ccc([C@@H]2CCCN2C(=O)/C=C/c2ccc(OCc3ccccn3)cc2)cc1. The van der Waals surface area contributed by atoms with E-state index in [0.29, 0.717) is 6.61 Å². The lowest BCUT2D eigenvalue weighted by molar-refractivity contribution is -0.126. The van der Waals surface area contributed by atoms with E-state index in [1.807, 2.05) is 77.7 Å². The Morgan fingerprint density at radius 3 is 2.55 bits per heavy atom. The summed E-state index contributed by atoms with van der Waals surface area (Å²) >= 11 is 0. The van der Waals surface area contributed by atoms with Crippen molar-refractivity contribution < 1.29 is 14.3 Å². The van der Waals surface area contributed by atoms with E-state index in [4.69, 9.17) is 9.47 Å². The zero-order valence-corrected chi connectivity index (χ0v) is 17.6. The van der Waals surface area contributed by atoms with Crippen LogP contribution >= 0.6 is 0 Å². The van der Waals surface area contributed by atoms with Crippen molar-refractivity contribution in [3.63, 3.8) is 0 Å². The molecule has 31 heavy (non-hydrogen) atoms. The van der Waals surface area contributed by atoms with Crippen molar-refractivity contribution in [1.29, 1.82) is 0 Å². The molecule has 1 saturated heterocycles. The predicted molar refractivity (Wildman–Crippen MR) is 121 cm³/mol. The van der Waals surface area contributed by atoms with Crippen LogP contribution in [0.15, 0.2) is 79.0 Å². The number of pyridine rings is 1. The Morgan fingerprint density at radius 1 is 1.06 bits per heavy atom. The lowest BCUT2D eigenvalue weighted by Gasteiger charge is -2.24. The number of likely N-dealkylation sites (tertiary alicyclic amines) is 1. The zero-order chi connectivity index (χ0) is 21.5. The highest BCUT2D eigenvalue weighted by atomic mass is 16.5. The number of aromatic nitrogens is 1. The average molecular weight is 415 g/mol. The Bertz CT molecular complexity index is 1010. The van der Waals surface area contributed by atoms with Crippen molar-refractivity contribution in [3.8, 4) is 11.5 Å². The number of rotatable bonds is 7. The molecule has 0 N–H and O–H groups in total. The van der Waals surface area contributed by atoms with Crippen LogP contribution in [0.2, 0.25) is 0 Å². The lowest BCUT2D eigenvalue weighted by atomic mass is 10.0. The summed E-state index contributed by atoms with van der Waals surface area (Å²) in [6.07, 6.45) is 7.26. The van der Waals surface area contributed by atoms with Crippen molar-refractivity contribution in [1.82, 2.24) is 9.88 Å². The van der Waals surface area contributed by atoms with Gasteiger partial charge in [-0.25, -0.2) is 0 Å². The Hall–Kier alpha value is -3.60. The predicted octanol–water partition coefficient (Wildman–Crippen LogP) is 5.05.